The number of nitrogens with zero attached hydrogens (tertiary/aromatic N) is 4. The van der Waals surface area contributed by atoms with Crippen LogP contribution >= 0.6 is 11.6 Å². The molecule has 1 N–H and O–H groups in total. The van der Waals surface area contributed by atoms with Gasteiger partial charge in [0.25, 0.3) is 5.91 Å². The van der Waals surface area contributed by atoms with Crippen LogP contribution in [0.5, 0.6) is 0 Å². The highest BCUT2D eigenvalue weighted by Gasteiger charge is 2.21. The molecular formula is C19H22ClN5O. The zero-order chi connectivity index (χ0) is 18.7. The molecule has 1 aromatic carbocycles. The standard InChI is InChI=1S/C19H22ClN5O/c1-23(2)17(14-8-4-5-9-16(14)20)13-21-18(26)15-12-22-24(3)19(15)25-10-6-7-11-25/h4-12,17H,13H2,1-3H3,(H,21,26)/t17-/m0/s1. The Kier molecular flexibility index (Phi) is 5.44. The van der Waals surface area contributed by atoms with Gasteiger partial charge < -0.3 is 14.8 Å². The third-order valence-electron chi connectivity index (χ3n) is 4.34. The van der Waals surface area contributed by atoms with Gasteiger partial charge in [0.1, 0.15) is 11.4 Å². The molecule has 6 nitrogen and oxygen atoms in total. The molecule has 3 aromatic rings. The highest BCUT2D eigenvalue weighted by Crippen LogP contribution is 2.25. The maximum Gasteiger partial charge on any atom is 0.256 e. The molecule has 1 atom stereocenters. The molecule has 136 valence electrons. The molecule has 0 aliphatic carbocycles. The van der Waals surface area contributed by atoms with Crippen molar-refractivity contribution < 1.29 is 4.79 Å². The zero-order valence-corrected chi connectivity index (χ0v) is 15.8. The number of carbonyl (C=O) groups is 1. The minimum Gasteiger partial charge on any atom is -0.350 e. The van der Waals surface area contributed by atoms with Gasteiger partial charge in [0.15, 0.2) is 0 Å². The lowest BCUT2D eigenvalue weighted by Crippen LogP contribution is -2.35. The van der Waals surface area contributed by atoms with Crippen molar-refractivity contribution in [1.29, 1.82) is 0 Å². The maximum absolute atomic E-state index is 12.8. The summed E-state index contributed by atoms with van der Waals surface area (Å²) in [6.07, 6.45) is 5.37. The first kappa shape index (κ1) is 18.2. The molecule has 0 unspecified atom stereocenters. The highest BCUT2D eigenvalue weighted by atomic mass is 35.5. The molecule has 0 bridgehead atoms. The van der Waals surface area contributed by atoms with Gasteiger partial charge in [-0.3, -0.25) is 9.48 Å². The average Bonchev–Trinajstić information content (AvgIpc) is 3.25. The van der Waals surface area contributed by atoms with Crippen LogP contribution in [0.1, 0.15) is 22.0 Å². The summed E-state index contributed by atoms with van der Waals surface area (Å²) in [6, 6.07) is 11.5. The Balaban J connectivity index is 1.79. The molecule has 0 aliphatic rings. The predicted octanol–water partition coefficient (Wildman–Crippen LogP) is 2.90. The molecule has 0 fully saturated rings. The van der Waals surface area contributed by atoms with Crippen molar-refractivity contribution in [3.8, 4) is 5.82 Å². The summed E-state index contributed by atoms with van der Waals surface area (Å²) in [6.45, 7) is 0.440. The van der Waals surface area contributed by atoms with Gasteiger partial charge in [-0.15, -0.1) is 0 Å². The normalized spacial score (nSPS) is 12.3. The lowest BCUT2D eigenvalue weighted by molar-refractivity contribution is 0.0942. The number of nitrogens with one attached hydrogen (secondary N) is 1. The molecule has 7 heteroatoms. The minimum absolute atomic E-state index is 0.0284. The third kappa shape index (κ3) is 3.66. The van der Waals surface area contributed by atoms with E-state index in [1.807, 2.05) is 79.4 Å². The number of carbonyl (C=O) groups excluding carboxylic acids is 1. The van der Waals surface area contributed by atoms with Crippen LogP contribution < -0.4 is 5.32 Å². The van der Waals surface area contributed by atoms with Crippen molar-refractivity contribution >= 4 is 17.5 Å². The van der Waals surface area contributed by atoms with Gasteiger partial charge in [-0.1, -0.05) is 29.8 Å². The smallest absolute Gasteiger partial charge is 0.256 e. The SMILES string of the molecule is CN(C)[C@@H](CNC(=O)c1cnn(C)c1-n1cccc1)c1ccccc1Cl. The Morgan fingerprint density at radius 3 is 2.58 bits per heavy atom. The van der Waals surface area contributed by atoms with E-state index in [0.717, 1.165) is 11.4 Å². The monoisotopic (exact) mass is 371 g/mol. The third-order valence-corrected chi connectivity index (χ3v) is 4.69. The molecule has 0 spiro atoms. The fourth-order valence-corrected chi connectivity index (χ4v) is 3.24. The number of benzene rings is 1. The lowest BCUT2D eigenvalue weighted by Gasteiger charge is -2.26. The number of aryl methyl sites for hydroxylation is 1. The summed E-state index contributed by atoms with van der Waals surface area (Å²) in [7, 11) is 5.75. The van der Waals surface area contributed by atoms with Crippen molar-refractivity contribution in [3.05, 3.63) is 71.1 Å². The van der Waals surface area contributed by atoms with Crippen LogP contribution in [0, 0.1) is 0 Å². The summed E-state index contributed by atoms with van der Waals surface area (Å²) < 4.78 is 3.56. The van der Waals surface area contributed by atoms with Gasteiger partial charge in [0, 0.05) is 31.0 Å². The summed E-state index contributed by atoms with van der Waals surface area (Å²) in [5.41, 5.74) is 1.51. The Labute approximate surface area is 158 Å². The van der Waals surface area contributed by atoms with E-state index in [4.69, 9.17) is 11.6 Å². The van der Waals surface area contributed by atoms with E-state index in [2.05, 4.69) is 10.4 Å². The van der Waals surface area contributed by atoms with E-state index in [9.17, 15) is 4.79 Å². The van der Waals surface area contributed by atoms with Gasteiger partial charge in [-0.2, -0.15) is 5.10 Å². The molecule has 3 rings (SSSR count). The van der Waals surface area contributed by atoms with E-state index in [-0.39, 0.29) is 11.9 Å². The van der Waals surface area contributed by atoms with Crippen LogP contribution in [0.15, 0.2) is 55.0 Å². The van der Waals surface area contributed by atoms with Crippen molar-refractivity contribution in [2.45, 2.75) is 6.04 Å². The second-order valence-corrected chi connectivity index (χ2v) is 6.71. The van der Waals surface area contributed by atoms with Gasteiger partial charge in [0.05, 0.1) is 12.2 Å². The summed E-state index contributed by atoms with van der Waals surface area (Å²) in [5.74, 6) is 0.562. The maximum atomic E-state index is 12.8. The van der Waals surface area contributed by atoms with E-state index in [1.54, 1.807) is 10.9 Å². The number of amides is 1. The van der Waals surface area contributed by atoms with E-state index in [0.29, 0.717) is 17.1 Å². The van der Waals surface area contributed by atoms with Crippen LogP contribution in [0.25, 0.3) is 5.82 Å². The molecule has 26 heavy (non-hydrogen) atoms. The van der Waals surface area contributed by atoms with Gasteiger partial charge in [-0.05, 0) is 37.9 Å². The van der Waals surface area contributed by atoms with Crippen molar-refractivity contribution in [2.75, 3.05) is 20.6 Å². The summed E-state index contributed by atoms with van der Waals surface area (Å²) in [5, 5.41) is 7.94. The number of hydrogen-bond acceptors (Lipinski definition) is 3. The topological polar surface area (TPSA) is 55.1 Å². The van der Waals surface area contributed by atoms with Crippen LogP contribution in [0.3, 0.4) is 0 Å². The Bertz CT molecular complexity index is 885. The van der Waals surface area contributed by atoms with Crippen LogP contribution in [-0.2, 0) is 7.05 Å². The quantitative estimate of drug-likeness (QED) is 0.724. The number of likely N-dealkylation sites (N-methyl/N-ethyl adjacent to an activating group) is 1. The Morgan fingerprint density at radius 2 is 1.92 bits per heavy atom. The number of aromatic nitrogens is 3. The molecule has 0 radical (unpaired) electrons. The average molecular weight is 372 g/mol. The molecule has 0 aliphatic heterocycles. The minimum atomic E-state index is -0.166. The number of rotatable bonds is 6. The first-order valence-electron chi connectivity index (χ1n) is 8.33. The molecular weight excluding hydrogens is 350 g/mol. The van der Waals surface area contributed by atoms with Gasteiger partial charge >= 0.3 is 0 Å². The second kappa shape index (κ2) is 7.76. The van der Waals surface area contributed by atoms with E-state index in [1.165, 1.54) is 0 Å². The fraction of sp³-hybridized carbons (Fsp3) is 0.263. The van der Waals surface area contributed by atoms with E-state index >= 15 is 0 Å². The number of halogens is 1. The summed E-state index contributed by atoms with van der Waals surface area (Å²) in [4.78, 5) is 14.8. The Hall–Kier alpha value is -2.57. The lowest BCUT2D eigenvalue weighted by atomic mass is 10.1. The second-order valence-electron chi connectivity index (χ2n) is 6.31. The van der Waals surface area contributed by atoms with Gasteiger partial charge in [-0.25, -0.2) is 0 Å². The van der Waals surface area contributed by atoms with Crippen molar-refractivity contribution in [2.24, 2.45) is 7.05 Å². The first-order chi connectivity index (χ1) is 12.5. The highest BCUT2D eigenvalue weighted by molar-refractivity contribution is 6.31. The molecule has 2 heterocycles. The van der Waals surface area contributed by atoms with Crippen molar-refractivity contribution in [1.82, 2.24) is 24.6 Å². The molecule has 2 aromatic heterocycles. The predicted molar refractivity (Wildman–Crippen MR) is 103 cm³/mol. The zero-order valence-electron chi connectivity index (χ0n) is 15.1. The first-order valence-corrected chi connectivity index (χ1v) is 8.71. The molecule has 1 amide bonds. The van der Waals surface area contributed by atoms with Gasteiger partial charge in [0.2, 0.25) is 0 Å². The fourth-order valence-electron chi connectivity index (χ4n) is 2.97. The van der Waals surface area contributed by atoms with Crippen molar-refractivity contribution in [3.63, 3.8) is 0 Å². The van der Waals surface area contributed by atoms with E-state index < -0.39 is 0 Å². The van der Waals surface area contributed by atoms with Crippen LogP contribution in [0.4, 0.5) is 0 Å². The van der Waals surface area contributed by atoms with Crippen LogP contribution in [-0.4, -0.2) is 45.8 Å². The van der Waals surface area contributed by atoms with Crippen LogP contribution in [0.2, 0.25) is 5.02 Å². The molecule has 0 saturated carbocycles. The largest absolute Gasteiger partial charge is 0.350 e. The summed E-state index contributed by atoms with van der Waals surface area (Å²) >= 11 is 6.34. The number of hydrogen-bond donors (Lipinski definition) is 1. The molecule has 0 saturated heterocycles. The Morgan fingerprint density at radius 1 is 1.23 bits per heavy atom.